The van der Waals surface area contributed by atoms with E-state index in [1.54, 1.807) is 27.7 Å². The number of amidine groups is 1. The zero-order valence-electron chi connectivity index (χ0n) is 9.46. The van der Waals surface area contributed by atoms with Gasteiger partial charge in [0.15, 0.2) is 0 Å². The summed E-state index contributed by atoms with van der Waals surface area (Å²) in [4.78, 5) is 22.3. The molecule has 0 bridgehead atoms. The van der Waals surface area contributed by atoms with Crippen molar-refractivity contribution in [3.8, 4) is 0 Å². The molecule has 0 unspecified atom stereocenters. The summed E-state index contributed by atoms with van der Waals surface area (Å²) < 4.78 is 4.58. The highest BCUT2D eigenvalue weighted by Crippen LogP contribution is 2.11. The quantitative estimate of drug-likeness (QED) is 0.293. The van der Waals surface area contributed by atoms with E-state index in [-0.39, 0.29) is 18.3 Å². The van der Waals surface area contributed by atoms with Crippen LogP contribution in [0, 0.1) is 5.41 Å². The lowest BCUT2D eigenvalue weighted by Crippen LogP contribution is -2.35. The smallest absolute Gasteiger partial charge is 0.375 e. The van der Waals surface area contributed by atoms with Crippen LogP contribution in [0.3, 0.4) is 0 Å². The number of hydrogen-bond donors (Lipinski definition) is 2. The van der Waals surface area contributed by atoms with Gasteiger partial charge in [0, 0.05) is 5.41 Å². The van der Waals surface area contributed by atoms with E-state index in [1.165, 1.54) is 0 Å². The Morgan fingerprint density at radius 3 is 2.33 bits per heavy atom. The molecule has 0 fully saturated rings. The van der Waals surface area contributed by atoms with E-state index in [0.717, 1.165) is 0 Å². The summed E-state index contributed by atoms with van der Waals surface area (Å²) >= 11 is 0. The SMILES string of the molecule is CCOC(=O)C(N)=NNC(=O)C(C)(C)C. The summed E-state index contributed by atoms with van der Waals surface area (Å²) in [6, 6.07) is 0. The van der Waals surface area contributed by atoms with Crippen molar-refractivity contribution in [3.05, 3.63) is 0 Å². The van der Waals surface area contributed by atoms with Crippen molar-refractivity contribution in [3.63, 3.8) is 0 Å². The normalized spacial score (nSPS) is 12.1. The molecule has 0 aliphatic carbocycles. The number of nitrogens with one attached hydrogen (secondary N) is 1. The molecule has 15 heavy (non-hydrogen) atoms. The first-order valence-corrected chi connectivity index (χ1v) is 4.59. The first-order valence-electron chi connectivity index (χ1n) is 4.59. The minimum absolute atomic E-state index is 0.211. The lowest BCUT2D eigenvalue weighted by atomic mass is 9.96. The van der Waals surface area contributed by atoms with Crippen molar-refractivity contribution < 1.29 is 14.3 Å². The van der Waals surface area contributed by atoms with Gasteiger partial charge in [0.05, 0.1) is 6.61 Å². The largest absolute Gasteiger partial charge is 0.460 e. The van der Waals surface area contributed by atoms with Crippen LogP contribution in [0.2, 0.25) is 0 Å². The van der Waals surface area contributed by atoms with Crippen molar-refractivity contribution in [1.82, 2.24) is 5.43 Å². The maximum atomic E-state index is 11.3. The number of ether oxygens (including phenoxy) is 1. The Bertz CT molecular complexity index is 279. The lowest BCUT2D eigenvalue weighted by Gasteiger charge is -2.14. The van der Waals surface area contributed by atoms with E-state index < -0.39 is 11.4 Å². The fraction of sp³-hybridized carbons (Fsp3) is 0.667. The van der Waals surface area contributed by atoms with Crippen LogP contribution in [0.4, 0.5) is 0 Å². The third kappa shape index (κ3) is 4.99. The molecule has 0 radical (unpaired) electrons. The second-order valence-corrected chi connectivity index (χ2v) is 3.91. The second kappa shape index (κ2) is 5.33. The molecule has 0 aromatic heterocycles. The number of hydrogen-bond acceptors (Lipinski definition) is 4. The Morgan fingerprint density at radius 2 is 1.93 bits per heavy atom. The molecule has 0 saturated carbocycles. The Labute approximate surface area is 88.9 Å². The highest BCUT2D eigenvalue weighted by molar-refractivity contribution is 6.34. The average molecular weight is 215 g/mol. The van der Waals surface area contributed by atoms with E-state index in [0.29, 0.717) is 0 Å². The molecule has 0 heterocycles. The molecule has 0 saturated heterocycles. The van der Waals surface area contributed by atoms with Gasteiger partial charge < -0.3 is 10.5 Å². The Hall–Kier alpha value is -1.59. The lowest BCUT2D eigenvalue weighted by molar-refractivity contribution is -0.135. The van der Waals surface area contributed by atoms with Crippen LogP contribution in [0.1, 0.15) is 27.7 Å². The Kier molecular flexibility index (Phi) is 4.77. The minimum atomic E-state index is -0.744. The zero-order valence-corrected chi connectivity index (χ0v) is 9.46. The Balaban J connectivity index is 4.29. The fourth-order valence-corrected chi connectivity index (χ4v) is 0.529. The number of carbonyl (C=O) groups is 2. The van der Waals surface area contributed by atoms with Gasteiger partial charge in [-0.1, -0.05) is 20.8 Å². The van der Waals surface area contributed by atoms with Gasteiger partial charge >= 0.3 is 5.97 Å². The van der Waals surface area contributed by atoms with E-state index in [1.807, 2.05) is 0 Å². The number of nitrogens with zero attached hydrogens (tertiary/aromatic N) is 1. The first kappa shape index (κ1) is 13.4. The molecule has 0 atom stereocenters. The van der Waals surface area contributed by atoms with Gasteiger partial charge in [-0.2, -0.15) is 0 Å². The second-order valence-electron chi connectivity index (χ2n) is 3.91. The molecule has 0 aromatic rings. The molecule has 0 rings (SSSR count). The van der Waals surface area contributed by atoms with Crippen molar-refractivity contribution in [2.75, 3.05) is 6.61 Å². The minimum Gasteiger partial charge on any atom is -0.460 e. The van der Waals surface area contributed by atoms with Gasteiger partial charge in [0.2, 0.25) is 11.7 Å². The first-order chi connectivity index (χ1) is 6.79. The molecule has 3 N–H and O–H groups in total. The van der Waals surface area contributed by atoms with Crippen molar-refractivity contribution >= 4 is 17.7 Å². The predicted octanol–water partition coefficient (Wildman–Crippen LogP) is -0.0160. The van der Waals surface area contributed by atoms with Crippen LogP contribution in [-0.4, -0.2) is 24.3 Å². The maximum Gasteiger partial charge on any atom is 0.375 e. The van der Waals surface area contributed by atoms with Crippen LogP contribution in [0.25, 0.3) is 0 Å². The molecule has 0 aromatic carbocycles. The zero-order chi connectivity index (χ0) is 12.1. The molecule has 0 aliphatic rings. The maximum absolute atomic E-state index is 11.3. The molecule has 1 amide bonds. The number of esters is 1. The highest BCUT2D eigenvalue weighted by Gasteiger charge is 2.21. The molecule has 6 nitrogen and oxygen atoms in total. The van der Waals surface area contributed by atoms with E-state index in [2.05, 4.69) is 15.3 Å². The standard InChI is InChI=1S/C9H17N3O3/c1-5-15-7(13)6(10)11-12-8(14)9(2,3)4/h5H2,1-4H3,(H2,10,11)(H,12,14). The summed E-state index contributed by atoms with van der Waals surface area (Å²) in [7, 11) is 0. The Morgan fingerprint density at radius 1 is 1.40 bits per heavy atom. The summed E-state index contributed by atoms with van der Waals surface area (Å²) in [6.07, 6.45) is 0. The predicted molar refractivity (Wildman–Crippen MR) is 55.9 cm³/mol. The van der Waals surface area contributed by atoms with Crippen LogP contribution in [0.15, 0.2) is 5.10 Å². The third-order valence-electron chi connectivity index (χ3n) is 1.44. The van der Waals surface area contributed by atoms with Gasteiger partial charge in [-0.25, -0.2) is 10.2 Å². The molecule has 6 heteroatoms. The summed E-state index contributed by atoms with van der Waals surface area (Å²) in [5.41, 5.74) is 6.86. The summed E-state index contributed by atoms with van der Waals surface area (Å²) in [6.45, 7) is 7.02. The van der Waals surface area contributed by atoms with Gasteiger partial charge in [-0.15, -0.1) is 5.10 Å². The fourth-order valence-electron chi connectivity index (χ4n) is 0.529. The van der Waals surface area contributed by atoms with Crippen LogP contribution >= 0.6 is 0 Å². The van der Waals surface area contributed by atoms with Crippen LogP contribution in [-0.2, 0) is 14.3 Å². The van der Waals surface area contributed by atoms with E-state index in [4.69, 9.17) is 5.73 Å². The highest BCUT2D eigenvalue weighted by atomic mass is 16.5. The summed E-state index contributed by atoms with van der Waals surface area (Å²) in [5.74, 6) is -1.43. The third-order valence-corrected chi connectivity index (χ3v) is 1.44. The van der Waals surface area contributed by atoms with Crippen molar-refractivity contribution in [1.29, 1.82) is 0 Å². The van der Waals surface area contributed by atoms with Gasteiger partial charge in [-0.05, 0) is 6.92 Å². The van der Waals surface area contributed by atoms with Crippen LogP contribution < -0.4 is 11.2 Å². The van der Waals surface area contributed by atoms with Gasteiger partial charge in [-0.3, -0.25) is 4.79 Å². The monoisotopic (exact) mass is 215 g/mol. The average Bonchev–Trinajstić information content (AvgIpc) is 2.12. The number of amides is 1. The summed E-state index contributed by atoms with van der Waals surface area (Å²) in [5, 5.41) is 3.43. The van der Waals surface area contributed by atoms with Gasteiger partial charge in [0.1, 0.15) is 0 Å². The molecule has 0 aliphatic heterocycles. The molecule has 86 valence electrons. The number of hydrazone groups is 1. The molecule has 0 spiro atoms. The van der Waals surface area contributed by atoms with Crippen LogP contribution in [0.5, 0.6) is 0 Å². The number of rotatable bonds is 2. The number of nitrogens with two attached hydrogens (primary N) is 1. The molecular formula is C9H17N3O3. The van der Waals surface area contributed by atoms with Crippen molar-refractivity contribution in [2.24, 2.45) is 16.3 Å². The van der Waals surface area contributed by atoms with E-state index in [9.17, 15) is 9.59 Å². The van der Waals surface area contributed by atoms with E-state index >= 15 is 0 Å². The number of carbonyl (C=O) groups excluding carboxylic acids is 2. The van der Waals surface area contributed by atoms with Gasteiger partial charge in [0.25, 0.3) is 0 Å². The van der Waals surface area contributed by atoms with Crippen molar-refractivity contribution in [2.45, 2.75) is 27.7 Å². The topological polar surface area (TPSA) is 93.8 Å². The molecular weight excluding hydrogens is 198 g/mol.